The van der Waals surface area contributed by atoms with Gasteiger partial charge in [0.05, 0.1) is 6.04 Å². The van der Waals surface area contributed by atoms with E-state index in [1.54, 1.807) is 0 Å². The maximum Gasteiger partial charge on any atom is 0.309 e. The Morgan fingerprint density at radius 3 is 2.29 bits per heavy atom. The molecule has 116 valence electrons. The van der Waals surface area contributed by atoms with Crippen molar-refractivity contribution < 1.29 is 9.59 Å². The molecular weight excluding hydrogens is 266 g/mol. The highest BCUT2D eigenvalue weighted by Crippen LogP contribution is 2.13. The van der Waals surface area contributed by atoms with Crippen molar-refractivity contribution in [1.29, 1.82) is 0 Å². The zero-order valence-electron chi connectivity index (χ0n) is 13.3. The highest BCUT2D eigenvalue weighted by Gasteiger charge is 2.16. The van der Waals surface area contributed by atoms with Crippen molar-refractivity contribution in [2.24, 2.45) is 0 Å². The van der Waals surface area contributed by atoms with Crippen LogP contribution in [-0.2, 0) is 16.0 Å². The summed E-state index contributed by atoms with van der Waals surface area (Å²) in [6.45, 7) is 5.12. The lowest BCUT2D eigenvalue weighted by Crippen LogP contribution is -2.42. The third-order valence-electron chi connectivity index (χ3n) is 3.29. The number of aryl methyl sites for hydroxylation is 1. The lowest BCUT2D eigenvalue weighted by atomic mass is 10.1. The molecule has 0 spiro atoms. The van der Waals surface area contributed by atoms with E-state index in [-0.39, 0.29) is 6.04 Å². The molecule has 0 heterocycles. The molecule has 0 aromatic heterocycles. The first-order chi connectivity index (χ1) is 9.93. The van der Waals surface area contributed by atoms with Crippen LogP contribution in [0, 0.1) is 0 Å². The predicted octanol–water partition coefficient (Wildman–Crippen LogP) is 1.10. The molecule has 2 amide bonds. The van der Waals surface area contributed by atoms with E-state index in [0.29, 0.717) is 13.1 Å². The van der Waals surface area contributed by atoms with E-state index < -0.39 is 11.8 Å². The second-order valence-electron chi connectivity index (χ2n) is 5.35. The fourth-order valence-electron chi connectivity index (χ4n) is 1.86. The van der Waals surface area contributed by atoms with Crippen LogP contribution in [-0.4, -0.2) is 43.9 Å². The molecule has 0 saturated carbocycles. The highest BCUT2D eigenvalue weighted by molar-refractivity contribution is 6.35. The first kappa shape index (κ1) is 17.2. The molecule has 1 aromatic rings. The van der Waals surface area contributed by atoms with Gasteiger partial charge in [0, 0.05) is 13.1 Å². The summed E-state index contributed by atoms with van der Waals surface area (Å²) >= 11 is 0. The van der Waals surface area contributed by atoms with Crippen molar-refractivity contribution >= 4 is 11.8 Å². The minimum absolute atomic E-state index is 0.192. The van der Waals surface area contributed by atoms with Gasteiger partial charge in [-0.2, -0.15) is 0 Å². The van der Waals surface area contributed by atoms with E-state index in [0.717, 1.165) is 12.0 Å². The van der Waals surface area contributed by atoms with Gasteiger partial charge in [-0.3, -0.25) is 9.59 Å². The summed E-state index contributed by atoms with van der Waals surface area (Å²) in [6.07, 6.45) is 0.981. The maximum absolute atomic E-state index is 11.8. The van der Waals surface area contributed by atoms with Crippen LogP contribution in [0.2, 0.25) is 0 Å². The second-order valence-corrected chi connectivity index (χ2v) is 5.35. The first-order valence-corrected chi connectivity index (χ1v) is 7.26. The monoisotopic (exact) mass is 291 g/mol. The third-order valence-corrected chi connectivity index (χ3v) is 3.29. The number of nitrogens with zero attached hydrogens (tertiary/aromatic N) is 1. The molecule has 1 unspecified atom stereocenters. The van der Waals surface area contributed by atoms with Crippen LogP contribution in [0.4, 0.5) is 0 Å². The number of carbonyl (C=O) groups is 2. The van der Waals surface area contributed by atoms with E-state index in [1.807, 2.05) is 50.2 Å². The van der Waals surface area contributed by atoms with Crippen LogP contribution in [0.5, 0.6) is 0 Å². The molecule has 0 radical (unpaired) electrons. The number of amides is 2. The molecule has 5 nitrogen and oxygen atoms in total. The molecule has 0 aliphatic heterocycles. The largest absolute Gasteiger partial charge is 0.347 e. The zero-order chi connectivity index (χ0) is 15.8. The van der Waals surface area contributed by atoms with E-state index in [4.69, 9.17) is 0 Å². The Bertz CT molecular complexity index is 469. The molecule has 2 N–H and O–H groups in total. The van der Waals surface area contributed by atoms with E-state index in [1.165, 1.54) is 5.56 Å². The van der Waals surface area contributed by atoms with Gasteiger partial charge in [0.1, 0.15) is 0 Å². The summed E-state index contributed by atoms with van der Waals surface area (Å²) in [5.74, 6) is -1.19. The topological polar surface area (TPSA) is 61.4 Å². The Morgan fingerprint density at radius 2 is 1.76 bits per heavy atom. The van der Waals surface area contributed by atoms with Crippen molar-refractivity contribution in [3.63, 3.8) is 0 Å². The number of carbonyl (C=O) groups excluding carboxylic acids is 2. The Hall–Kier alpha value is -1.88. The smallest absolute Gasteiger partial charge is 0.309 e. The number of benzene rings is 1. The van der Waals surface area contributed by atoms with Gasteiger partial charge in [-0.1, -0.05) is 31.2 Å². The number of hydrogen-bond donors (Lipinski definition) is 2. The van der Waals surface area contributed by atoms with Crippen molar-refractivity contribution in [3.8, 4) is 0 Å². The van der Waals surface area contributed by atoms with Crippen LogP contribution in [0.15, 0.2) is 24.3 Å². The molecule has 0 fully saturated rings. The highest BCUT2D eigenvalue weighted by atomic mass is 16.2. The van der Waals surface area contributed by atoms with Gasteiger partial charge in [0.25, 0.3) is 0 Å². The average molecular weight is 291 g/mol. The van der Waals surface area contributed by atoms with Gasteiger partial charge in [-0.15, -0.1) is 0 Å². The Kier molecular flexibility index (Phi) is 6.88. The molecule has 0 aliphatic rings. The van der Waals surface area contributed by atoms with E-state index in [9.17, 15) is 9.59 Å². The summed E-state index contributed by atoms with van der Waals surface area (Å²) < 4.78 is 0. The lowest BCUT2D eigenvalue weighted by Gasteiger charge is -2.15. The van der Waals surface area contributed by atoms with Gasteiger partial charge in [-0.05, 0) is 38.6 Å². The van der Waals surface area contributed by atoms with Crippen LogP contribution in [0.3, 0.4) is 0 Å². The van der Waals surface area contributed by atoms with Crippen LogP contribution in [0.25, 0.3) is 0 Å². The molecule has 0 bridgehead atoms. The SMILES string of the molecule is CCc1ccc(C(C)NC(=O)C(=O)NCCN(C)C)cc1. The molecule has 1 aromatic carbocycles. The molecule has 21 heavy (non-hydrogen) atoms. The van der Waals surface area contributed by atoms with Gasteiger partial charge in [-0.25, -0.2) is 0 Å². The molecular formula is C16H25N3O2. The van der Waals surface area contributed by atoms with Gasteiger partial charge < -0.3 is 15.5 Å². The minimum atomic E-state index is -0.596. The van der Waals surface area contributed by atoms with Crippen molar-refractivity contribution in [1.82, 2.24) is 15.5 Å². The summed E-state index contributed by atoms with van der Waals surface area (Å²) in [5.41, 5.74) is 2.24. The van der Waals surface area contributed by atoms with Gasteiger partial charge in [0.15, 0.2) is 0 Å². The van der Waals surface area contributed by atoms with Crippen molar-refractivity contribution in [3.05, 3.63) is 35.4 Å². The second kappa shape index (κ2) is 8.42. The maximum atomic E-state index is 11.8. The molecule has 0 saturated heterocycles. The normalized spacial score (nSPS) is 12.0. The lowest BCUT2D eigenvalue weighted by molar-refractivity contribution is -0.139. The van der Waals surface area contributed by atoms with Gasteiger partial charge in [0.2, 0.25) is 0 Å². The zero-order valence-corrected chi connectivity index (χ0v) is 13.3. The summed E-state index contributed by atoms with van der Waals surface area (Å²) in [4.78, 5) is 25.4. The summed E-state index contributed by atoms with van der Waals surface area (Å²) in [6, 6.07) is 7.84. The van der Waals surface area contributed by atoms with Crippen LogP contribution < -0.4 is 10.6 Å². The Labute approximate surface area is 126 Å². The van der Waals surface area contributed by atoms with Crippen LogP contribution in [0.1, 0.15) is 31.0 Å². The molecule has 5 heteroatoms. The van der Waals surface area contributed by atoms with Crippen molar-refractivity contribution in [2.75, 3.05) is 27.2 Å². The summed E-state index contributed by atoms with van der Waals surface area (Å²) in [7, 11) is 3.82. The molecule has 1 rings (SSSR count). The van der Waals surface area contributed by atoms with E-state index in [2.05, 4.69) is 17.6 Å². The van der Waals surface area contributed by atoms with Crippen molar-refractivity contribution in [2.45, 2.75) is 26.3 Å². The fourth-order valence-corrected chi connectivity index (χ4v) is 1.86. The van der Waals surface area contributed by atoms with Gasteiger partial charge >= 0.3 is 11.8 Å². The van der Waals surface area contributed by atoms with Crippen LogP contribution >= 0.6 is 0 Å². The molecule has 0 aliphatic carbocycles. The predicted molar refractivity (Wildman–Crippen MR) is 83.9 cm³/mol. The Morgan fingerprint density at radius 1 is 1.14 bits per heavy atom. The average Bonchev–Trinajstić information content (AvgIpc) is 2.46. The number of nitrogens with one attached hydrogen (secondary N) is 2. The minimum Gasteiger partial charge on any atom is -0.347 e. The quantitative estimate of drug-likeness (QED) is 0.772. The first-order valence-electron chi connectivity index (χ1n) is 7.26. The third kappa shape index (κ3) is 5.95. The fraction of sp³-hybridized carbons (Fsp3) is 0.500. The van der Waals surface area contributed by atoms with E-state index >= 15 is 0 Å². The number of rotatable bonds is 6. The standard InChI is InChI=1S/C16H25N3O2/c1-5-13-6-8-14(9-7-13)12(2)18-16(21)15(20)17-10-11-19(3)4/h6-9,12H,5,10-11H2,1-4H3,(H,17,20)(H,18,21). The number of likely N-dealkylation sites (N-methyl/N-ethyl adjacent to an activating group) is 1. The number of hydrogen-bond acceptors (Lipinski definition) is 3. The molecule has 1 atom stereocenters. The Balaban J connectivity index is 2.46. The summed E-state index contributed by atoms with van der Waals surface area (Å²) in [5, 5.41) is 5.30.